The number of fused-ring (bicyclic) bond motifs is 1. The van der Waals surface area contributed by atoms with Gasteiger partial charge in [0.05, 0.1) is 12.3 Å². The molecule has 1 unspecified atom stereocenters. The Kier molecular flexibility index (Phi) is 5.69. The maximum Gasteiger partial charge on any atom is 0.311 e. The number of rotatable bonds is 4. The van der Waals surface area contributed by atoms with Gasteiger partial charge in [0.15, 0.2) is 9.84 Å². The number of nitrogens with one attached hydrogen (secondary N) is 1. The lowest BCUT2D eigenvalue weighted by atomic mass is 10.1. The Bertz CT molecular complexity index is 986. The van der Waals surface area contributed by atoms with E-state index >= 15 is 0 Å². The first kappa shape index (κ1) is 19.9. The summed E-state index contributed by atoms with van der Waals surface area (Å²) in [6, 6.07) is 14.0. The zero-order valence-electron chi connectivity index (χ0n) is 15.7. The van der Waals surface area contributed by atoms with Gasteiger partial charge in [0.1, 0.15) is 16.7 Å². The van der Waals surface area contributed by atoms with Crippen molar-refractivity contribution in [3.63, 3.8) is 0 Å². The lowest BCUT2D eigenvalue weighted by Gasteiger charge is -2.26. The Hall–Kier alpha value is -2.87. The molecule has 0 aromatic heterocycles. The SMILES string of the molecule is Cc1ccc(CN(C)C(=O)C(=O)NCC2CS(=O)(=O)c3ccccc3O2)cc1. The summed E-state index contributed by atoms with van der Waals surface area (Å²) >= 11 is 0. The smallest absolute Gasteiger partial charge is 0.311 e. The number of likely N-dealkylation sites (N-methyl/N-ethyl adjacent to an activating group) is 1. The molecule has 0 saturated heterocycles. The van der Waals surface area contributed by atoms with Crippen molar-refractivity contribution in [2.75, 3.05) is 19.3 Å². The quantitative estimate of drug-likeness (QED) is 0.779. The lowest BCUT2D eigenvalue weighted by molar-refractivity contribution is -0.145. The maximum atomic E-state index is 12.3. The van der Waals surface area contributed by atoms with Crippen molar-refractivity contribution in [2.24, 2.45) is 0 Å². The first-order valence-electron chi connectivity index (χ1n) is 8.83. The zero-order chi connectivity index (χ0) is 20.3. The van der Waals surface area contributed by atoms with Gasteiger partial charge < -0.3 is 15.0 Å². The van der Waals surface area contributed by atoms with Gasteiger partial charge in [-0.25, -0.2) is 8.42 Å². The third-order valence-electron chi connectivity index (χ3n) is 4.45. The van der Waals surface area contributed by atoms with Gasteiger partial charge in [0, 0.05) is 13.6 Å². The van der Waals surface area contributed by atoms with Crippen LogP contribution in [0.5, 0.6) is 5.75 Å². The molecule has 3 rings (SSSR count). The van der Waals surface area contributed by atoms with Crippen molar-refractivity contribution in [1.29, 1.82) is 0 Å². The van der Waals surface area contributed by atoms with E-state index in [2.05, 4.69) is 5.32 Å². The first-order chi connectivity index (χ1) is 13.3. The predicted molar refractivity (Wildman–Crippen MR) is 104 cm³/mol. The van der Waals surface area contributed by atoms with E-state index in [0.717, 1.165) is 11.1 Å². The molecule has 0 aliphatic carbocycles. The monoisotopic (exact) mass is 402 g/mol. The van der Waals surface area contributed by atoms with Gasteiger partial charge in [-0.15, -0.1) is 0 Å². The number of carbonyl (C=O) groups excluding carboxylic acids is 2. The van der Waals surface area contributed by atoms with Crippen molar-refractivity contribution < 1.29 is 22.7 Å². The molecular weight excluding hydrogens is 380 g/mol. The number of amides is 2. The molecule has 0 fully saturated rings. The number of hydrogen-bond acceptors (Lipinski definition) is 5. The fraction of sp³-hybridized carbons (Fsp3) is 0.300. The van der Waals surface area contributed by atoms with Crippen LogP contribution >= 0.6 is 0 Å². The Labute approximate surface area is 164 Å². The summed E-state index contributed by atoms with van der Waals surface area (Å²) in [4.78, 5) is 25.9. The maximum absolute atomic E-state index is 12.3. The van der Waals surface area contributed by atoms with Crippen molar-refractivity contribution >= 4 is 21.7 Å². The van der Waals surface area contributed by atoms with Crippen molar-refractivity contribution in [3.05, 3.63) is 59.7 Å². The molecule has 1 atom stereocenters. The summed E-state index contributed by atoms with van der Waals surface area (Å²) in [5, 5.41) is 2.48. The van der Waals surface area contributed by atoms with Gasteiger partial charge in [0.2, 0.25) is 0 Å². The Morgan fingerprint density at radius 2 is 1.82 bits per heavy atom. The number of ether oxygens (including phenoxy) is 1. The molecule has 1 aliphatic rings. The number of para-hydroxylation sites is 1. The number of sulfone groups is 1. The molecule has 0 radical (unpaired) electrons. The minimum absolute atomic E-state index is 0.0729. The number of nitrogens with zero attached hydrogens (tertiary/aromatic N) is 1. The highest BCUT2D eigenvalue weighted by molar-refractivity contribution is 7.91. The molecule has 148 valence electrons. The van der Waals surface area contributed by atoms with Crippen molar-refractivity contribution in [3.8, 4) is 5.75 Å². The topological polar surface area (TPSA) is 92.8 Å². The number of carbonyl (C=O) groups is 2. The van der Waals surface area contributed by atoms with Crippen LogP contribution in [0.15, 0.2) is 53.4 Å². The van der Waals surface area contributed by atoms with Crippen LogP contribution in [0, 0.1) is 6.92 Å². The molecule has 0 spiro atoms. The van der Waals surface area contributed by atoms with Crippen molar-refractivity contribution in [2.45, 2.75) is 24.5 Å². The summed E-state index contributed by atoms with van der Waals surface area (Å²) in [7, 11) is -1.95. The normalized spacial score (nSPS) is 17.1. The molecule has 1 heterocycles. The van der Waals surface area contributed by atoms with Gasteiger partial charge >= 0.3 is 11.8 Å². The van der Waals surface area contributed by atoms with Crippen LogP contribution < -0.4 is 10.1 Å². The Morgan fingerprint density at radius 1 is 1.14 bits per heavy atom. The third kappa shape index (κ3) is 4.51. The minimum atomic E-state index is -3.49. The molecule has 1 aliphatic heterocycles. The van der Waals surface area contributed by atoms with Crippen LogP contribution in [0.25, 0.3) is 0 Å². The van der Waals surface area contributed by atoms with E-state index in [4.69, 9.17) is 4.74 Å². The van der Waals surface area contributed by atoms with Crippen LogP contribution in [0.3, 0.4) is 0 Å². The van der Waals surface area contributed by atoms with Crippen LogP contribution in [-0.4, -0.2) is 50.6 Å². The van der Waals surface area contributed by atoms with E-state index in [-0.39, 0.29) is 22.9 Å². The van der Waals surface area contributed by atoms with Crippen LogP contribution in [0.2, 0.25) is 0 Å². The predicted octanol–water partition coefficient (Wildman–Crippen LogP) is 1.30. The van der Waals surface area contributed by atoms with Gasteiger partial charge in [-0.05, 0) is 24.6 Å². The summed E-state index contributed by atoms with van der Waals surface area (Å²) in [6.07, 6.45) is -0.751. The molecular formula is C20H22N2O5S. The molecule has 8 heteroatoms. The Morgan fingerprint density at radius 3 is 2.54 bits per heavy atom. The van der Waals surface area contributed by atoms with E-state index in [1.165, 1.54) is 11.0 Å². The van der Waals surface area contributed by atoms with E-state index in [9.17, 15) is 18.0 Å². The first-order valence-corrected chi connectivity index (χ1v) is 10.5. The highest BCUT2D eigenvalue weighted by Crippen LogP contribution is 2.30. The largest absolute Gasteiger partial charge is 0.486 e. The average Bonchev–Trinajstić information content (AvgIpc) is 2.66. The molecule has 2 aromatic rings. The fourth-order valence-corrected chi connectivity index (χ4v) is 4.51. The van der Waals surface area contributed by atoms with E-state index in [1.54, 1.807) is 25.2 Å². The van der Waals surface area contributed by atoms with Gasteiger partial charge in [-0.3, -0.25) is 9.59 Å². The second-order valence-electron chi connectivity index (χ2n) is 6.82. The van der Waals surface area contributed by atoms with Gasteiger partial charge in [-0.1, -0.05) is 42.0 Å². The zero-order valence-corrected chi connectivity index (χ0v) is 16.5. The summed E-state index contributed by atoms with van der Waals surface area (Å²) in [6.45, 7) is 2.20. The molecule has 7 nitrogen and oxygen atoms in total. The van der Waals surface area contributed by atoms with Crippen LogP contribution in [0.1, 0.15) is 11.1 Å². The second kappa shape index (κ2) is 8.02. The van der Waals surface area contributed by atoms with Crippen LogP contribution in [-0.2, 0) is 26.0 Å². The Balaban J connectivity index is 1.56. The average molecular weight is 402 g/mol. The molecule has 0 bridgehead atoms. The number of aryl methyl sites for hydroxylation is 1. The molecule has 0 saturated carbocycles. The van der Waals surface area contributed by atoms with Crippen LogP contribution in [0.4, 0.5) is 0 Å². The lowest BCUT2D eigenvalue weighted by Crippen LogP contribution is -2.46. The minimum Gasteiger partial charge on any atom is -0.486 e. The van der Waals surface area contributed by atoms with E-state index < -0.39 is 27.8 Å². The summed E-state index contributed by atoms with van der Waals surface area (Å²) in [5.74, 6) is -1.48. The van der Waals surface area contributed by atoms with Crippen molar-refractivity contribution in [1.82, 2.24) is 10.2 Å². The highest BCUT2D eigenvalue weighted by atomic mass is 32.2. The summed E-state index contributed by atoms with van der Waals surface area (Å²) in [5.41, 5.74) is 2.02. The number of benzene rings is 2. The molecule has 28 heavy (non-hydrogen) atoms. The van der Waals surface area contributed by atoms with E-state index in [0.29, 0.717) is 6.54 Å². The summed E-state index contributed by atoms with van der Waals surface area (Å²) < 4.78 is 30.3. The molecule has 2 aromatic carbocycles. The second-order valence-corrected chi connectivity index (χ2v) is 8.83. The highest BCUT2D eigenvalue weighted by Gasteiger charge is 2.32. The fourth-order valence-electron chi connectivity index (χ4n) is 2.95. The molecule has 1 N–H and O–H groups in total. The number of hydrogen-bond donors (Lipinski definition) is 1. The van der Waals surface area contributed by atoms with Gasteiger partial charge in [0.25, 0.3) is 0 Å². The molecule has 2 amide bonds. The van der Waals surface area contributed by atoms with Gasteiger partial charge in [-0.2, -0.15) is 0 Å². The third-order valence-corrected chi connectivity index (χ3v) is 6.27. The standard InChI is InChI=1S/C20H22N2O5S/c1-14-7-9-15(10-8-14)12-22(2)20(24)19(23)21-11-16-13-28(25,26)18-6-4-3-5-17(18)27-16/h3-10,16H,11-13H2,1-2H3,(H,21,23). The van der Waals surface area contributed by atoms with E-state index in [1.807, 2.05) is 31.2 Å².